The molecule has 0 unspecified atom stereocenters. The summed E-state index contributed by atoms with van der Waals surface area (Å²) in [5.74, 6) is 1.84. The van der Waals surface area contributed by atoms with Gasteiger partial charge in [-0.3, -0.25) is 4.79 Å². The molecule has 1 amide bonds. The number of rotatable bonds is 8. The SMILES string of the molecule is C=CCSCCNC(=O)COC1CCNCC1. The number of thioether (sulfide) groups is 1. The summed E-state index contributed by atoms with van der Waals surface area (Å²) in [5, 5.41) is 6.11. The van der Waals surface area contributed by atoms with Gasteiger partial charge in [-0.1, -0.05) is 6.08 Å². The van der Waals surface area contributed by atoms with Crippen molar-refractivity contribution in [3.8, 4) is 0 Å². The molecule has 4 nitrogen and oxygen atoms in total. The Morgan fingerprint density at radius 2 is 2.29 bits per heavy atom. The fourth-order valence-electron chi connectivity index (χ4n) is 1.64. The molecule has 0 spiro atoms. The molecule has 0 aliphatic carbocycles. The Labute approximate surface area is 108 Å². The zero-order valence-electron chi connectivity index (χ0n) is 10.2. The van der Waals surface area contributed by atoms with E-state index >= 15 is 0 Å². The van der Waals surface area contributed by atoms with Crippen LogP contribution in [0.3, 0.4) is 0 Å². The van der Waals surface area contributed by atoms with E-state index in [0.717, 1.165) is 37.4 Å². The number of amides is 1. The molecule has 0 aromatic heterocycles. The first kappa shape index (κ1) is 14.5. The fraction of sp³-hybridized carbons (Fsp3) is 0.750. The highest BCUT2D eigenvalue weighted by Gasteiger charge is 2.14. The highest BCUT2D eigenvalue weighted by Crippen LogP contribution is 2.06. The predicted octanol–water partition coefficient (Wildman–Crippen LogP) is 0.790. The highest BCUT2D eigenvalue weighted by atomic mass is 32.2. The van der Waals surface area contributed by atoms with Gasteiger partial charge in [0.05, 0.1) is 6.10 Å². The number of carbonyl (C=O) groups excluding carboxylic acids is 1. The highest BCUT2D eigenvalue weighted by molar-refractivity contribution is 7.99. The molecule has 2 N–H and O–H groups in total. The molecule has 17 heavy (non-hydrogen) atoms. The van der Waals surface area contributed by atoms with Crippen LogP contribution in [0.1, 0.15) is 12.8 Å². The lowest BCUT2D eigenvalue weighted by atomic mass is 10.1. The lowest BCUT2D eigenvalue weighted by Gasteiger charge is -2.22. The lowest BCUT2D eigenvalue weighted by molar-refractivity contribution is -0.128. The second kappa shape index (κ2) is 9.50. The summed E-state index contributed by atoms with van der Waals surface area (Å²) in [6.07, 6.45) is 4.12. The Balaban J connectivity index is 1.94. The third kappa shape index (κ3) is 7.41. The van der Waals surface area contributed by atoms with Crippen molar-refractivity contribution >= 4 is 17.7 Å². The normalized spacial score (nSPS) is 16.7. The molecule has 1 saturated heterocycles. The fourth-order valence-corrected chi connectivity index (χ4v) is 2.22. The van der Waals surface area contributed by atoms with Gasteiger partial charge in [0, 0.05) is 18.1 Å². The van der Waals surface area contributed by atoms with E-state index in [4.69, 9.17) is 4.74 Å². The van der Waals surface area contributed by atoms with Gasteiger partial charge in [-0.25, -0.2) is 0 Å². The van der Waals surface area contributed by atoms with E-state index in [0.29, 0.717) is 6.54 Å². The molecule has 1 aliphatic heterocycles. The number of ether oxygens (including phenoxy) is 1. The maximum Gasteiger partial charge on any atom is 0.246 e. The molecule has 1 aliphatic rings. The Bertz CT molecular complexity index is 231. The Kier molecular flexibility index (Phi) is 8.13. The van der Waals surface area contributed by atoms with Crippen LogP contribution < -0.4 is 10.6 Å². The van der Waals surface area contributed by atoms with Crippen molar-refractivity contribution < 1.29 is 9.53 Å². The van der Waals surface area contributed by atoms with Gasteiger partial charge in [0.2, 0.25) is 5.91 Å². The van der Waals surface area contributed by atoms with Crippen molar-refractivity contribution in [1.29, 1.82) is 0 Å². The van der Waals surface area contributed by atoms with E-state index in [1.54, 1.807) is 11.8 Å². The minimum Gasteiger partial charge on any atom is -0.368 e. The second-order valence-electron chi connectivity index (χ2n) is 3.97. The van der Waals surface area contributed by atoms with Crippen molar-refractivity contribution in [3.05, 3.63) is 12.7 Å². The maximum absolute atomic E-state index is 11.4. The third-order valence-electron chi connectivity index (χ3n) is 2.54. The molecule has 5 heteroatoms. The maximum atomic E-state index is 11.4. The van der Waals surface area contributed by atoms with Gasteiger partial charge in [-0.05, 0) is 25.9 Å². The first-order valence-electron chi connectivity index (χ1n) is 6.10. The summed E-state index contributed by atoms with van der Waals surface area (Å²) in [4.78, 5) is 11.4. The molecular weight excluding hydrogens is 236 g/mol. The zero-order chi connectivity index (χ0) is 12.3. The van der Waals surface area contributed by atoms with E-state index in [1.807, 2.05) is 6.08 Å². The van der Waals surface area contributed by atoms with E-state index in [1.165, 1.54) is 0 Å². The predicted molar refractivity (Wildman–Crippen MR) is 72.4 cm³/mol. The van der Waals surface area contributed by atoms with Crippen molar-refractivity contribution in [2.45, 2.75) is 18.9 Å². The molecule has 1 fully saturated rings. The van der Waals surface area contributed by atoms with Gasteiger partial charge < -0.3 is 15.4 Å². The van der Waals surface area contributed by atoms with Gasteiger partial charge in [0.1, 0.15) is 6.61 Å². The van der Waals surface area contributed by atoms with Crippen LogP contribution in [0.15, 0.2) is 12.7 Å². The minimum atomic E-state index is -0.0114. The van der Waals surface area contributed by atoms with Crippen LogP contribution in [0.2, 0.25) is 0 Å². The van der Waals surface area contributed by atoms with Gasteiger partial charge >= 0.3 is 0 Å². The summed E-state index contributed by atoms with van der Waals surface area (Å²) in [5.41, 5.74) is 0. The van der Waals surface area contributed by atoms with Crippen LogP contribution in [-0.4, -0.2) is 49.8 Å². The van der Waals surface area contributed by atoms with Gasteiger partial charge in [-0.2, -0.15) is 11.8 Å². The second-order valence-corrected chi connectivity index (χ2v) is 5.12. The smallest absolute Gasteiger partial charge is 0.246 e. The Morgan fingerprint density at radius 3 is 3.00 bits per heavy atom. The van der Waals surface area contributed by atoms with E-state index in [2.05, 4.69) is 17.2 Å². The average Bonchev–Trinajstić information content (AvgIpc) is 2.37. The quantitative estimate of drug-likeness (QED) is 0.499. The third-order valence-corrected chi connectivity index (χ3v) is 3.50. The van der Waals surface area contributed by atoms with Crippen molar-refractivity contribution in [2.75, 3.05) is 37.7 Å². The number of hydrogen-bond acceptors (Lipinski definition) is 4. The summed E-state index contributed by atoms with van der Waals surface area (Å²) in [6, 6.07) is 0. The van der Waals surface area contributed by atoms with E-state index in [-0.39, 0.29) is 18.6 Å². The van der Waals surface area contributed by atoms with Crippen LogP contribution >= 0.6 is 11.8 Å². The zero-order valence-corrected chi connectivity index (χ0v) is 11.1. The number of hydrogen-bond donors (Lipinski definition) is 2. The monoisotopic (exact) mass is 258 g/mol. The molecule has 0 aromatic carbocycles. The minimum absolute atomic E-state index is 0.0114. The molecule has 0 atom stereocenters. The first-order valence-corrected chi connectivity index (χ1v) is 7.26. The molecule has 0 saturated carbocycles. The van der Waals surface area contributed by atoms with Crippen molar-refractivity contribution in [2.24, 2.45) is 0 Å². The average molecular weight is 258 g/mol. The van der Waals surface area contributed by atoms with Gasteiger partial charge in [-0.15, -0.1) is 6.58 Å². The number of carbonyl (C=O) groups is 1. The van der Waals surface area contributed by atoms with Crippen LogP contribution in [0.5, 0.6) is 0 Å². The van der Waals surface area contributed by atoms with Crippen LogP contribution in [0.25, 0.3) is 0 Å². The summed E-state index contributed by atoms with van der Waals surface area (Å²) in [6.45, 7) is 6.52. The topological polar surface area (TPSA) is 50.4 Å². The van der Waals surface area contributed by atoms with E-state index < -0.39 is 0 Å². The largest absolute Gasteiger partial charge is 0.368 e. The summed E-state index contributed by atoms with van der Waals surface area (Å²) < 4.78 is 5.55. The molecule has 1 heterocycles. The molecule has 0 radical (unpaired) electrons. The Hall–Kier alpha value is -0.520. The molecule has 1 rings (SSSR count). The van der Waals surface area contributed by atoms with Gasteiger partial charge in [0.15, 0.2) is 0 Å². The molecule has 0 aromatic rings. The Morgan fingerprint density at radius 1 is 1.53 bits per heavy atom. The van der Waals surface area contributed by atoms with E-state index in [9.17, 15) is 4.79 Å². The van der Waals surface area contributed by atoms with Crippen LogP contribution in [0, 0.1) is 0 Å². The molecular formula is C12H22N2O2S. The molecule has 0 bridgehead atoms. The summed E-state index contributed by atoms with van der Waals surface area (Å²) >= 11 is 1.76. The standard InChI is InChI=1S/C12H22N2O2S/c1-2-8-17-9-7-14-12(15)10-16-11-3-5-13-6-4-11/h2,11,13H,1,3-10H2,(H,14,15). The lowest BCUT2D eigenvalue weighted by Crippen LogP contribution is -2.36. The van der Waals surface area contributed by atoms with Crippen LogP contribution in [0.4, 0.5) is 0 Å². The summed E-state index contributed by atoms with van der Waals surface area (Å²) in [7, 11) is 0. The molecule has 98 valence electrons. The number of piperidine rings is 1. The van der Waals surface area contributed by atoms with Crippen molar-refractivity contribution in [1.82, 2.24) is 10.6 Å². The van der Waals surface area contributed by atoms with Crippen LogP contribution in [-0.2, 0) is 9.53 Å². The number of nitrogens with one attached hydrogen (secondary N) is 2. The van der Waals surface area contributed by atoms with Gasteiger partial charge in [0.25, 0.3) is 0 Å². The van der Waals surface area contributed by atoms with Crippen molar-refractivity contribution in [3.63, 3.8) is 0 Å². The first-order chi connectivity index (χ1) is 8.33.